The summed E-state index contributed by atoms with van der Waals surface area (Å²) in [5, 5.41) is 11.5. The van der Waals surface area contributed by atoms with Crippen LogP contribution in [0.25, 0.3) is 27.9 Å². The molecule has 2 fully saturated rings. The number of nitrogens with zero attached hydrogens (tertiary/aromatic N) is 5. The van der Waals surface area contributed by atoms with Gasteiger partial charge in [-0.2, -0.15) is 0 Å². The van der Waals surface area contributed by atoms with Gasteiger partial charge in [-0.15, -0.1) is 0 Å². The number of aromatic hydroxyl groups is 1. The normalized spacial score (nSPS) is 19.4. The molecule has 9 heteroatoms. The van der Waals surface area contributed by atoms with Crippen LogP contribution in [-0.4, -0.2) is 56.8 Å². The highest BCUT2D eigenvalue weighted by Crippen LogP contribution is 2.41. The van der Waals surface area contributed by atoms with Crippen molar-refractivity contribution in [1.82, 2.24) is 19.0 Å². The van der Waals surface area contributed by atoms with Crippen molar-refractivity contribution in [2.45, 2.75) is 6.04 Å². The smallest absolute Gasteiger partial charge is 0.332 e. The summed E-state index contributed by atoms with van der Waals surface area (Å²) in [6.07, 6.45) is 4.97. The van der Waals surface area contributed by atoms with E-state index in [1.807, 2.05) is 6.07 Å². The van der Waals surface area contributed by atoms with Gasteiger partial charge in [-0.3, -0.25) is 4.57 Å². The predicted octanol–water partition coefficient (Wildman–Crippen LogP) is 4.15. The van der Waals surface area contributed by atoms with Crippen LogP contribution in [-0.2, 0) is 7.05 Å². The molecular formula is C27H25ClFN5O2. The van der Waals surface area contributed by atoms with Crippen molar-refractivity contribution < 1.29 is 9.50 Å². The van der Waals surface area contributed by atoms with Gasteiger partial charge in [0.05, 0.1) is 10.7 Å². The van der Waals surface area contributed by atoms with E-state index in [9.17, 15) is 14.3 Å². The molecule has 2 saturated heterocycles. The molecule has 2 aromatic carbocycles. The third-order valence-corrected chi connectivity index (χ3v) is 7.72. The summed E-state index contributed by atoms with van der Waals surface area (Å²) >= 11 is 6.51. The summed E-state index contributed by atoms with van der Waals surface area (Å²) in [4.78, 5) is 21.5. The standard InChI is InChI=1S/C27H25ClFN5O2/c1-31-7-8-34(27(31)36)23-4-3-16(9-22(23)28)20-11-19(29)12-21(26(20)35)17-5-6-30-25(10-17)33-14-18-13-32(2)24(18)15-33/h3-12,18,24,35H,13-15H2,1-2H3. The molecule has 0 radical (unpaired) electrons. The van der Waals surface area contributed by atoms with Crippen LogP contribution >= 0.6 is 11.6 Å². The fraction of sp³-hybridized carbons (Fsp3) is 0.259. The first-order valence-electron chi connectivity index (χ1n) is 11.8. The zero-order chi connectivity index (χ0) is 25.1. The van der Waals surface area contributed by atoms with E-state index >= 15 is 0 Å². The maximum atomic E-state index is 14.8. The van der Waals surface area contributed by atoms with Crippen molar-refractivity contribution in [3.8, 4) is 33.7 Å². The fourth-order valence-corrected chi connectivity index (χ4v) is 5.67. The van der Waals surface area contributed by atoms with Crippen molar-refractivity contribution >= 4 is 17.4 Å². The number of benzene rings is 2. The molecule has 0 spiro atoms. The summed E-state index contributed by atoms with van der Waals surface area (Å²) in [6.45, 7) is 2.95. The Balaban J connectivity index is 1.36. The summed E-state index contributed by atoms with van der Waals surface area (Å²) in [6, 6.07) is 11.9. The van der Waals surface area contributed by atoms with E-state index in [0.29, 0.717) is 44.9 Å². The Bertz CT molecular complexity index is 1550. The minimum Gasteiger partial charge on any atom is -0.507 e. The summed E-state index contributed by atoms with van der Waals surface area (Å²) in [7, 11) is 3.79. The van der Waals surface area contributed by atoms with Gasteiger partial charge in [0.2, 0.25) is 0 Å². The van der Waals surface area contributed by atoms with Crippen LogP contribution in [0.3, 0.4) is 0 Å². The molecular weight excluding hydrogens is 481 g/mol. The lowest BCUT2D eigenvalue weighted by atomic mass is 9.93. The molecule has 4 heterocycles. The maximum Gasteiger partial charge on any atom is 0.332 e. The number of likely N-dealkylation sites (N-methyl/N-ethyl adjacent to an activating group) is 1. The number of phenolic OH excluding ortho intramolecular Hbond substituents is 1. The van der Waals surface area contributed by atoms with Gasteiger partial charge < -0.3 is 19.5 Å². The molecule has 1 N–H and O–H groups in total. The highest BCUT2D eigenvalue weighted by molar-refractivity contribution is 6.32. The SMILES string of the molecule is CN1CC2CN(c3cc(-c4cc(F)cc(-c5ccc(-n6ccn(C)c6=O)c(Cl)c5)c4O)ccn3)CC21. The number of imidazole rings is 1. The van der Waals surface area contributed by atoms with Crippen LogP contribution in [0.15, 0.2) is 65.8 Å². The van der Waals surface area contributed by atoms with Crippen LogP contribution in [0, 0.1) is 11.7 Å². The van der Waals surface area contributed by atoms with E-state index in [2.05, 4.69) is 21.8 Å². The third-order valence-electron chi connectivity index (χ3n) is 7.42. The Morgan fingerprint density at radius 3 is 2.39 bits per heavy atom. The Morgan fingerprint density at radius 2 is 1.75 bits per heavy atom. The number of halogens is 2. The molecule has 0 saturated carbocycles. The third kappa shape index (κ3) is 3.68. The molecule has 184 valence electrons. The molecule has 36 heavy (non-hydrogen) atoms. The number of aromatic nitrogens is 3. The Hall–Kier alpha value is -3.62. The Morgan fingerprint density at radius 1 is 1.00 bits per heavy atom. The second-order valence-corrected chi connectivity index (χ2v) is 10.1. The molecule has 4 aromatic rings. The van der Waals surface area contributed by atoms with Crippen LogP contribution in [0.1, 0.15) is 0 Å². The van der Waals surface area contributed by atoms with Crippen molar-refractivity contribution in [3.05, 3.63) is 82.4 Å². The highest BCUT2D eigenvalue weighted by Gasteiger charge is 2.43. The largest absolute Gasteiger partial charge is 0.507 e. The predicted molar refractivity (Wildman–Crippen MR) is 138 cm³/mol. The van der Waals surface area contributed by atoms with E-state index in [-0.39, 0.29) is 11.4 Å². The number of pyridine rings is 1. The van der Waals surface area contributed by atoms with Gasteiger partial charge >= 0.3 is 5.69 Å². The molecule has 2 atom stereocenters. The van der Waals surface area contributed by atoms with Gasteiger partial charge in [-0.25, -0.2) is 14.2 Å². The molecule has 2 aliphatic rings. The van der Waals surface area contributed by atoms with E-state index in [1.54, 1.807) is 49.9 Å². The number of hydrogen-bond donors (Lipinski definition) is 1. The number of fused-ring (bicyclic) bond motifs is 1. The lowest BCUT2D eigenvalue weighted by molar-refractivity contribution is 0.0827. The second-order valence-electron chi connectivity index (χ2n) is 9.65. The quantitative estimate of drug-likeness (QED) is 0.451. The van der Waals surface area contributed by atoms with Gasteiger partial charge in [0.25, 0.3) is 0 Å². The van der Waals surface area contributed by atoms with Crippen molar-refractivity contribution in [3.63, 3.8) is 0 Å². The molecule has 7 nitrogen and oxygen atoms in total. The summed E-state index contributed by atoms with van der Waals surface area (Å²) < 4.78 is 17.7. The summed E-state index contributed by atoms with van der Waals surface area (Å²) in [5.74, 6) is 0.947. The summed E-state index contributed by atoms with van der Waals surface area (Å²) in [5.41, 5.74) is 2.20. The van der Waals surface area contributed by atoms with Gasteiger partial charge in [-0.1, -0.05) is 17.7 Å². The molecule has 0 bridgehead atoms. The zero-order valence-electron chi connectivity index (χ0n) is 19.9. The highest BCUT2D eigenvalue weighted by atomic mass is 35.5. The molecule has 0 amide bonds. The minimum absolute atomic E-state index is 0.0459. The number of rotatable bonds is 4. The fourth-order valence-electron chi connectivity index (χ4n) is 5.40. The van der Waals surface area contributed by atoms with Crippen molar-refractivity contribution in [2.24, 2.45) is 13.0 Å². The van der Waals surface area contributed by atoms with Crippen molar-refractivity contribution in [1.29, 1.82) is 0 Å². The first-order valence-corrected chi connectivity index (χ1v) is 12.2. The van der Waals surface area contributed by atoms with E-state index < -0.39 is 5.82 Å². The monoisotopic (exact) mass is 505 g/mol. The average Bonchev–Trinajstić information content (AvgIpc) is 3.39. The minimum atomic E-state index is -0.475. The molecule has 2 unspecified atom stereocenters. The van der Waals surface area contributed by atoms with Gasteiger partial charge in [0, 0.05) is 68.4 Å². The number of hydrogen-bond acceptors (Lipinski definition) is 5. The first-order chi connectivity index (χ1) is 17.3. The first kappa shape index (κ1) is 22.8. The number of anilines is 1. The van der Waals surface area contributed by atoms with Crippen LogP contribution in [0.4, 0.5) is 10.2 Å². The Labute approximate surface area is 212 Å². The second kappa shape index (κ2) is 8.50. The van der Waals surface area contributed by atoms with Gasteiger partial charge in [-0.05, 0) is 54.6 Å². The van der Waals surface area contributed by atoms with Crippen molar-refractivity contribution in [2.75, 3.05) is 31.6 Å². The van der Waals surface area contributed by atoms with Gasteiger partial charge in [0.15, 0.2) is 0 Å². The molecule has 6 rings (SSSR count). The van der Waals surface area contributed by atoms with Crippen LogP contribution < -0.4 is 10.6 Å². The Kier molecular flexibility index (Phi) is 5.39. The number of likely N-dealkylation sites (tertiary alicyclic amines) is 1. The number of phenols is 1. The van der Waals surface area contributed by atoms with E-state index in [1.165, 1.54) is 21.3 Å². The number of aryl methyl sites for hydroxylation is 1. The molecule has 2 aliphatic heterocycles. The van der Waals surface area contributed by atoms with E-state index in [4.69, 9.17) is 11.6 Å². The topological polar surface area (TPSA) is 66.5 Å². The van der Waals surface area contributed by atoms with Crippen LogP contribution in [0.5, 0.6) is 5.75 Å². The lowest BCUT2D eigenvalue weighted by Gasteiger charge is -2.40. The lowest BCUT2D eigenvalue weighted by Crippen LogP contribution is -2.52. The van der Waals surface area contributed by atoms with E-state index in [0.717, 1.165) is 25.5 Å². The average molecular weight is 506 g/mol. The maximum absolute atomic E-state index is 14.8. The van der Waals surface area contributed by atoms with Crippen LogP contribution in [0.2, 0.25) is 5.02 Å². The van der Waals surface area contributed by atoms with Gasteiger partial charge in [0.1, 0.15) is 17.4 Å². The molecule has 0 aliphatic carbocycles. The molecule has 2 aromatic heterocycles. The zero-order valence-corrected chi connectivity index (χ0v) is 20.7.